The first-order valence-electron chi connectivity index (χ1n) is 7.66. The molecule has 1 heterocycles. The molecule has 0 bridgehead atoms. The number of halogens is 1. The summed E-state index contributed by atoms with van der Waals surface area (Å²) in [5.41, 5.74) is 8.11. The van der Waals surface area contributed by atoms with Gasteiger partial charge in [-0.05, 0) is 13.3 Å². The Labute approximate surface area is 145 Å². The quantitative estimate of drug-likeness (QED) is 0.286. The fraction of sp³-hybridized carbons (Fsp3) is 0.733. The molecule has 1 aromatic heterocycles. The van der Waals surface area contributed by atoms with Crippen LogP contribution in [-0.2, 0) is 13.6 Å². The summed E-state index contributed by atoms with van der Waals surface area (Å²) in [5, 5.41) is 7.36. The Morgan fingerprint density at radius 1 is 1.29 bits per heavy atom. The summed E-state index contributed by atoms with van der Waals surface area (Å²) in [4.78, 5) is 4.35. The Morgan fingerprint density at radius 3 is 2.57 bits per heavy atom. The normalized spacial score (nSPS) is 11.3. The third-order valence-electron chi connectivity index (χ3n) is 3.59. The average molecular weight is 407 g/mol. The Hall–Kier alpha value is -0.790. The number of hydrogen-bond donors (Lipinski definition) is 2. The number of unbranched alkanes of at least 4 members (excludes halogenated alkanes) is 5. The zero-order chi connectivity index (χ0) is 14.8. The molecule has 6 heteroatoms. The summed E-state index contributed by atoms with van der Waals surface area (Å²) in [6.07, 6.45) is 9.59. The molecule has 1 rings (SSSR count). The van der Waals surface area contributed by atoms with Gasteiger partial charge in [-0.1, -0.05) is 39.0 Å². The fourth-order valence-corrected chi connectivity index (χ4v) is 2.05. The zero-order valence-electron chi connectivity index (χ0n) is 13.6. The number of aryl methyl sites for hydroxylation is 1. The predicted molar refractivity (Wildman–Crippen MR) is 100 cm³/mol. The monoisotopic (exact) mass is 407 g/mol. The molecule has 0 amide bonds. The molecule has 1 aromatic rings. The van der Waals surface area contributed by atoms with Gasteiger partial charge in [0.25, 0.3) is 0 Å². The third-order valence-corrected chi connectivity index (χ3v) is 3.59. The molecule has 0 aliphatic carbocycles. The minimum absolute atomic E-state index is 0. The lowest BCUT2D eigenvalue weighted by Crippen LogP contribution is -2.32. The summed E-state index contributed by atoms with van der Waals surface area (Å²) in [5.74, 6) is 0.529. The molecule has 0 saturated heterocycles. The number of nitrogens with two attached hydrogens (primary N) is 1. The topological polar surface area (TPSA) is 68.2 Å². The number of guanidine groups is 1. The SMILES string of the molecule is CCCCCCCCNC(N)=NCc1cnn(C)c1C.I. The molecule has 0 fully saturated rings. The molecule has 3 N–H and O–H groups in total. The van der Waals surface area contributed by atoms with Gasteiger partial charge in [-0.15, -0.1) is 24.0 Å². The van der Waals surface area contributed by atoms with Crippen LogP contribution in [0.1, 0.15) is 56.7 Å². The van der Waals surface area contributed by atoms with E-state index in [4.69, 9.17) is 5.73 Å². The number of nitrogens with one attached hydrogen (secondary N) is 1. The van der Waals surface area contributed by atoms with Crippen LogP contribution in [0.3, 0.4) is 0 Å². The molecule has 0 aliphatic rings. The number of aromatic nitrogens is 2. The second-order valence-corrected chi connectivity index (χ2v) is 5.27. The Balaban J connectivity index is 0.00000400. The maximum absolute atomic E-state index is 5.85. The molecule has 0 aromatic carbocycles. The highest BCUT2D eigenvalue weighted by Gasteiger charge is 2.02. The number of nitrogens with zero attached hydrogens (tertiary/aromatic N) is 3. The molecule has 0 radical (unpaired) electrons. The standard InChI is InChI=1S/C15H29N5.HI/c1-4-5-6-7-8-9-10-17-15(16)18-11-14-12-19-20(3)13(14)2;/h12H,4-11H2,1-3H3,(H3,16,17,18);1H. The first-order valence-corrected chi connectivity index (χ1v) is 7.66. The van der Waals surface area contributed by atoms with Gasteiger partial charge in [0, 0.05) is 24.8 Å². The van der Waals surface area contributed by atoms with Gasteiger partial charge in [-0.3, -0.25) is 4.68 Å². The fourth-order valence-electron chi connectivity index (χ4n) is 2.05. The molecule has 0 atom stereocenters. The maximum Gasteiger partial charge on any atom is 0.188 e. The lowest BCUT2D eigenvalue weighted by atomic mass is 10.1. The minimum Gasteiger partial charge on any atom is -0.370 e. The second kappa shape index (κ2) is 11.8. The van der Waals surface area contributed by atoms with Gasteiger partial charge in [-0.25, -0.2) is 4.99 Å². The van der Waals surface area contributed by atoms with Crippen LogP contribution in [0.4, 0.5) is 0 Å². The average Bonchev–Trinajstić information content (AvgIpc) is 2.75. The number of aliphatic imine (C=N–C) groups is 1. The van der Waals surface area contributed by atoms with E-state index in [-0.39, 0.29) is 24.0 Å². The molecule has 0 aliphatic heterocycles. The van der Waals surface area contributed by atoms with Gasteiger partial charge in [0.05, 0.1) is 12.7 Å². The highest BCUT2D eigenvalue weighted by molar-refractivity contribution is 14.0. The van der Waals surface area contributed by atoms with Crippen molar-refractivity contribution in [2.24, 2.45) is 17.8 Å². The molecule has 5 nitrogen and oxygen atoms in total. The molecular formula is C15H30IN5. The molecule has 0 spiro atoms. The molecule has 0 saturated carbocycles. The summed E-state index contributed by atoms with van der Waals surface area (Å²) in [7, 11) is 1.93. The van der Waals surface area contributed by atoms with Crippen molar-refractivity contribution in [3.8, 4) is 0 Å². The van der Waals surface area contributed by atoms with Crippen molar-refractivity contribution in [2.75, 3.05) is 6.54 Å². The summed E-state index contributed by atoms with van der Waals surface area (Å²) < 4.78 is 1.85. The van der Waals surface area contributed by atoms with Crippen molar-refractivity contribution in [3.05, 3.63) is 17.5 Å². The molecule has 21 heavy (non-hydrogen) atoms. The minimum atomic E-state index is 0. The van der Waals surface area contributed by atoms with Gasteiger partial charge in [0.2, 0.25) is 0 Å². The van der Waals surface area contributed by atoms with Crippen LogP contribution in [0.5, 0.6) is 0 Å². The van der Waals surface area contributed by atoms with Gasteiger partial charge in [-0.2, -0.15) is 5.10 Å². The Kier molecular flexibility index (Phi) is 11.4. The van der Waals surface area contributed by atoms with Crippen LogP contribution in [0.25, 0.3) is 0 Å². The molecule has 122 valence electrons. The van der Waals surface area contributed by atoms with Gasteiger partial charge >= 0.3 is 0 Å². The molecular weight excluding hydrogens is 377 g/mol. The summed E-state index contributed by atoms with van der Waals surface area (Å²) in [6.45, 7) is 5.78. The van der Waals surface area contributed by atoms with E-state index in [9.17, 15) is 0 Å². The van der Waals surface area contributed by atoms with Crippen LogP contribution >= 0.6 is 24.0 Å². The van der Waals surface area contributed by atoms with E-state index in [1.807, 2.05) is 24.9 Å². The van der Waals surface area contributed by atoms with Crippen LogP contribution < -0.4 is 11.1 Å². The van der Waals surface area contributed by atoms with E-state index in [1.165, 1.54) is 32.1 Å². The van der Waals surface area contributed by atoms with Crippen molar-refractivity contribution in [2.45, 2.75) is 58.9 Å². The largest absolute Gasteiger partial charge is 0.370 e. The second-order valence-electron chi connectivity index (χ2n) is 5.27. The zero-order valence-corrected chi connectivity index (χ0v) is 15.9. The van der Waals surface area contributed by atoms with E-state index in [2.05, 4.69) is 22.3 Å². The van der Waals surface area contributed by atoms with E-state index >= 15 is 0 Å². The Morgan fingerprint density at radius 2 is 1.95 bits per heavy atom. The predicted octanol–water partition coefficient (Wildman–Crippen LogP) is 3.11. The van der Waals surface area contributed by atoms with Crippen molar-refractivity contribution in [1.29, 1.82) is 0 Å². The van der Waals surface area contributed by atoms with Crippen molar-refractivity contribution < 1.29 is 0 Å². The molecule has 0 unspecified atom stereocenters. The smallest absolute Gasteiger partial charge is 0.188 e. The van der Waals surface area contributed by atoms with Crippen molar-refractivity contribution in [3.63, 3.8) is 0 Å². The Bertz CT molecular complexity index is 414. The third kappa shape index (κ3) is 8.28. The van der Waals surface area contributed by atoms with Gasteiger partial charge in [0.15, 0.2) is 5.96 Å². The van der Waals surface area contributed by atoms with Crippen LogP contribution in [0.2, 0.25) is 0 Å². The van der Waals surface area contributed by atoms with E-state index in [0.717, 1.165) is 24.2 Å². The summed E-state index contributed by atoms with van der Waals surface area (Å²) in [6, 6.07) is 0. The highest BCUT2D eigenvalue weighted by atomic mass is 127. The van der Waals surface area contributed by atoms with Gasteiger partial charge < -0.3 is 11.1 Å². The van der Waals surface area contributed by atoms with E-state index < -0.39 is 0 Å². The van der Waals surface area contributed by atoms with Gasteiger partial charge in [0.1, 0.15) is 0 Å². The van der Waals surface area contributed by atoms with Crippen LogP contribution in [-0.4, -0.2) is 22.3 Å². The van der Waals surface area contributed by atoms with Crippen LogP contribution in [0, 0.1) is 6.92 Å². The summed E-state index contributed by atoms with van der Waals surface area (Å²) >= 11 is 0. The lowest BCUT2D eigenvalue weighted by Gasteiger charge is -2.05. The van der Waals surface area contributed by atoms with Crippen LogP contribution in [0.15, 0.2) is 11.2 Å². The van der Waals surface area contributed by atoms with Crippen molar-refractivity contribution >= 4 is 29.9 Å². The first-order chi connectivity index (χ1) is 9.65. The first kappa shape index (κ1) is 20.2. The van der Waals surface area contributed by atoms with E-state index in [0.29, 0.717) is 12.5 Å². The maximum atomic E-state index is 5.85. The van der Waals surface area contributed by atoms with E-state index in [1.54, 1.807) is 0 Å². The number of hydrogen-bond acceptors (Lipinski definition) is 2. The highest BCUT2D eigenvalue weighted by Crippen LogP contribution is 2.06. The lowest BCUT2D eigenvalue weighted by molar-refractivity contribution is 0.601. The number of rotatable bonds is 9. The van der Waals surface area contributed by atoms with Crippen molar-refractivity contribution in [1.82, 2.24) is 15.1 Å².